The largest absolute Gasteiger partial charge is 0.434 e. The number of rotatable bonds is 6. The van der Waals surface area contributed by atoms with Gasteiger partial charge in [-0.2, -0.15) is 13.2 Å². The number of hydrogen-bond donors (Lipinski definition) is 2. The van der Waals surface area contributed by atoms with Crippen molar-refractivity contribution >= 4 is 41.3 Å². The molecule has 0 bridgehead atoms. The predicted octanol–water partition coefficient (Wildman–Crippen LogP) is 3.87. The smallest absolute Gasteiger partial charge is 0.356 e. The van der Waals surface area contributed by atoms with Gasteiger partial charge >= 0.3 is 6.18 Å². The van der Waals surface area contributed by atoms with Gasteiger partial charge in [0.15, 0.2) is 11.7 Å². The van der Waals surface area contributed by atoms with Crippen LogP contribution in [0, 0.1) is 5.82 Å². The van der Waals surface area contributed by atoms with Gasteiger partial charge in [-0.3, -0.25) is 4.99 Å². The Labute approximate surface area is 170 Å². The zero-order valence-corrected chi connectivity index (χ0v) is 17.1. The fraction of sp³-hybridized carbons (Fsp3) is 0.375. The Morgan fingerprint density at radius 3 is 2.46 bits per heavy atom. The summed E-state index contributed by atoms with van der Waals surface area (Å²) in [6, 6.07) is 6.35. The highest BCUT2D eigenvalue weighted by Gasteiger charge is 2.33. The maximum Gasteiger partial charge on any atom is 0.434 e. The maximum absolute atomic E-state index is 13.1. The van der Waals surface area contributed by atoms with E-state index < -0.39 is 11.9 Å². The van der Waals surface area contributed by atoms with Crippen molar-refractivity contribution in [1.29, 1.82) is 0 Å². The molecule has 0 saturated heterocycles. The minimum absolute atomic E-state index is 0. The number of hydrogen-bond acceptors (Lipinski definition) is 3. The molecule has 0 saturated carbocycles. The molecule has 0 amide bonds. The van der Waals surface area contributed by atoms with E-state index in [-0.39, 0.29) is 29.8 Å². The summed E-state index contributed by atoms with van der Waals surface area (Å²) in [5.74, 6) is 0.255. The second-order valence-corrected chi connectivity index (χ2v) is 6.12. The Morgan fingerprint density at radius 2 is 1.88 bits per heavy atom. The number of thiazole rings is 1. The lowest BCUT2D eigenvalue weighted by Gasteiger charge is -2.11. The molecule has 0 aliphatic carbocycles. The zero-order chi connectivity index (χ0) is 18.3. The Bertz CT molecular complexity index is 718. The highest BCUT2D eigenvalue weighted by molar-refractivity contribution is 14.0. The van der Waals surface area contributed by atoms with Gasteiger partial charge in [-0.1, -0.05) is 12.1 Å². The van der Waals surface area contributed by atoms with Crippen molar-refractivity contribution < 1.29 is 17.6 Å². The minimum atomic E-state index is -4.41. The standard InChI is InChI=1S/C16H18F4N4S.HI/c1-21-15(22-7-5-11-3-2-4-12(17)9-11)23-8-6-14-24-13(10-25-14)16(18,19)20;/h2-4,9-10H,5-8H2,1H3,(H2,21,22,23);1H. The second-order valence-electron chi connectivity index (χ2n) is 5.18. The molecule has 26 heavy (non-hydrogen) atoms. The summed E-state index contributed by atoms with van der Waals surface area (Å²) in [7, 11) is 1.60. The molecule has 2 N–H and O–H groups in total. The highest BCUT2D eigenvalue weighted by atomic mass is 127. The minimum Gasteiger partial charge on any atom is -0.356 e. The Hall–Kier alpha value is -1.43. The van der Waals surface area contributed by atoms with E-state index in [1.165, 1.54) is 12.1 Å². The Balaban J connectivity index is 0.00000338. The molecule has 1 aromatic carbocycles. The Kier molecular flexibility index (Phi) is 9.27. The topological polar surface area (TPSA) is 49.3 Å². The van der Waals surface area contributed by atoms with Crippen LogP contribution in [0.1, 0.15) is 16.3 Å². The lowest BCUT2D eigenvalue weighted by Crippen LogP contribution is -2.39. The normalized spacial score (nSPS) is 11.8. The fourth-order valence-electron chi connectivity index (χ4n) is 2.08. The van der Waals surface area contributed by atoms with Gasteiger partial charge in [-0.15, -0.1) is 35.3 Å². The van der Waals surface area contributed by atoms with Crippen LogP contribution in [0.25, 0.3) is 0 Å². The SMILES string of the molecule is CN=C(NCCc1cccc(F)c1)NCCc1nc(C(F)(F)F)cs1.I. The summed E-state index contributed by atoms with van der Waals surface area (Å²) in [6.07, 6.45) is -3.41. The summed E-state index contributed by atoms with van der Waals surface area (Å²) < 4.78 is 50.5. The summed E-state index contributed by atoms with van der Waals surface area (Å²) in [5.41, 5.74) is 0.00974. The van der Waals surface area contributed by atoms with E-state index in [2.05, 4.69) is 20.6 Å². The summed E-state index contributed by atoms with van der Waals surface area (Å²) >= 11 is 0.985. The fourth-order valence-corrected chi connectivity index (χ4v) is 2.89. The van der Waals surface area contributed by atoms with Crippen molar-refractivity contribution in [2.24, 2.45) is 4.99 Å². The number of benzene rings is 1. The van der Waals surface area contributed by atoms with Gasteiger partial charge < -0.3 is 10.6 Å². The van der Waals surface area contributed by atoms with E-state index >= 15 is 0 Å². The molecule has 0 radical (unpaired) electrons. The molecule has 10 heteroatoms. The molecule has 0 aliphatic rings. The van der Waals surface area contributed by atoms with Crippen LogP contribution in [-0.2, 0) is 19.0 Å². The van der Waals surface area contributed by atoms with E-state index in [9.17, 15) is 17.6 Å². The lowest BCUT2D eigenvalue weighted by atomic mass is 10.1. The van der Waals surface area contributed by atoms with Crippen molar-refractivity contribution in [2.45, 2.75) is 19.0 Å². The summed E-state index contributed by atoms with van der Waals surface area (Å²) in [6.45, 7) is 0.961. The van der Waals surface area contributed by atoms with Crippen molar-refractivity contribution in [3.63, 3.8) is 0 Å². The molecule has 2 aromatic rings. The molecular weight excluding hydrogens is 483 g/mol. The van der Waals surface area contributed by atoms with Gasteiger partial charge in [0.25, 0.3) is 0 Å². The van der Waals surface area contributed by atoms with Crippen LogP contribution in [0.4, 0.5) is 17.6 Å². The molecule has 0 atom stereocenters. The lowest BCUT2D eigenvalue weighted by molar-refractivity contribution is -0.140. The second kappa shape index (κ2) is 10.7. The zero-order valence-electron chi connectivity index (χ0n) is 13.9. The number of guanidine groups is 1. The number of nitrogens with one attached hydrogen (secondary N) is 2. The van der Waals surface area contributed by atoms with Gasteiger partial charge in [-0.25, -0.2) is 9.37 Å². The molecule has 0 aliphatic heterocycles. The first kappa shape index (κ1) is 22.6. The molecule has 144 valence electrons. The van der Waals surface area contributed by atoms with Crippen molar-refractivity contribution in [3.05, 3.63) is 51.7 Å². The summed E-state index contributed by atoms with van der Waals surface area (Å²) in [4.78, 5) is 7.61. The average Bonchev–Trinajstić information content (AvgIpc) is 3.02. The predicted molar refractivity (Wildman–Crippen MR) is 106 cm³/mol. The molecule has 1 heterocycles. The third kappa shape index (κ3) is 7.44. The maximum atomic E-state index is 13.1. The molecule has 0 unspecified atom stereocenters. The van der Waals surface area contributed by atoms with Gasteiger partial charge in [0, 0.05) is 31.9 Å². The first-order valence-corrected chi connectivity index (χ1v) is 8.47. The van der Waals surface area contributed by atoms with Crippen LogP contribution >= 0.6 is 35.3 Å². The number of aromatic nitrogens is 1. The van der Waals surface area contributed by atoms with Gasteiger partial charge in [-0.05, 0) is 24.1 Å². The monoisotopic (exact) mass is 502 g/mol. The molecule has 4 nitrogen and oxygen atoms in total. The number of alkyl halides is 3. The number of nitrogens with zero attached hydrogens (tertiary/aromatic N) is 2. The van der Waals surface area contributed by atoms with Crippen LogP contribution in [0.2, 0.25) is 0 Å². The van der Waals surface area contributed by atoms with E-state index in [1.807, 2.05) is 6.07 Å². The molecule has 0 spiro atoms. The third-order valence-corrected chi connectivity index (χ3v) is 4.20. The van der Waals surface area contributed by atoms with E-state index in [0.717, 1.165) is 22.3 Å². The van der Waals surface area contributed by atoms with Gasteiger partial charge in [0.2, 0.25) is 0 Å². The molecule has 2 rings (SSSR count). The molecular formula is C16H19F4IN4S. The Morgan fingerprint density at radius 1 is 1.19 bits per heavy atom. The van der Waals surface area contributed by atoms with Crippen LogP contribution in [0.15, 0.2) is 34.6 Å². The summed E-state index contributed by atoms with van der Waals surface area (Å²) in [5, 5.41) is 7.51. The van der Waals surface area contributed by atoms with Gasteiger partial charge in [0.05, 0.1) is 5.01 Å². The van der Waals surface area contributed by atoms with Gasteiger partial charge in [0.1, 0.15) is 5.82 Å². The van der Waals surface area contributed by atoms with Crippen LogP contribution in [-0.4, -0.2) is 31.1 Å². The van der Waals surface area contributed by atoms with Crippen LogP contribution in [0.5, 0.6) is 0 Å². The first-order valence-electron chi connectivity index (χ1n) is 7.59. The van der Waals surface area contributed by atoms with Crippen LogP contribution in [0.3, 0.4) is 0 Å². The van der Waals surface area contributed by atoms with Crippen molar-refractivity contribution in [1.82, 2.24) is 15.6 Å². The number of aliphatic imine (C=N–C) groups is 1. The third-order valence-electron chi connectivity index (χ3n) is 3.29. The van der Waals surface area contributed by atoms with E-state index in [0.29, 0.717) is 36.9 Å². The van der Waals surface area contributed by atoms with E-state index in [4.69, 9.17) is 0 Å². The van der Waals surface area contributed by atoms with E-state index in [1.54, 1.807) is 13.1 Å². The number of halogens is 5. The quantitative estimate of drug-likeness (QED) is 0.273. The molecule has 1 aromatic heterocycles. The molecule has 0 fully saturated rings. The average molecular weight is 502 g/mol. The first-order chi connectivity index (χ1) is 11.9. The highest BCUT2D eigenvalue weighted by Crippen LogP contribution is 2.29. The van der Waals surface area contributed by atoms with Crippen molar-refractivity contribution in [3.8, 4) is 0 Å². The van der Waals surface area contributed by atoms with Crippen LogP contribution < -0.4 is 10.6 Å². The van der Waals surface area contributed by atoms with Crippen molar-refractivity contribution in [2.75, 3.05) is 20.1 Å².